The van der Waals surface area contributed by atoms with Gasteiger partial charge in [-0.15, -0.1) is 11.3 Å². The van der Waals surface area contributed by atoms with E-state index in [1.807, 2.05) is 13.0 Å². The highest BCUT2D eigenvalue weighted by Gasteiger charge is 2.36. The number of carbonyl (C=O) groups excluding carboxylic acids is 2. The van der Waals surface area contributed by atoms with Crippen LogP contribution in [0.4, 0.5) is 18.0 Å². The highest BCUT2D eigenvalue weighted by molar-refractivity contribution is 7.15. The van der Waals surface area contributed by atoms with E-state index in [1.165, 1.54) is 27.2 Å². The van der Waals surface area contributed by atoms with Crippen LogP contribution in [0.1, 0.15) is 34.9 Å². The van der Waals surface area contributed by atoms with Crippen LogP contribution < -0.4 is 0 Å². The van der Waals surface area contributed by atoms with Crippen molar-refractivity contribution in [3.63, 3.8) is 0 Å². The molecule has 33 heavy (non-hydrogen) atoms. The van der Waals surface area contributed by atoms with E-state index in [9.17, 15) is 22.8 Å². The maximum Gasteiger partial charge on any atom is 0.433 e. The zero-order chi connectivity index (χ0) is 23.8. The van der Waals surface area contributed by atoms with Gasteiger partial charge in [0.15, 0.2) is 17.0 Å². The van der Waals surface area contributed by atoms with Crippen LogP contribution in [0.3, 0.4) is 0 Å². The summed E-state index contributed by atoms with van der Waals surface area (Å²) in [7, 11) is 0. The molecule has 3 aromatic heterocycles. The number of amides is 2. The molecule has 2 amide bonds. The molecular weight excluding hydrogens is 459 g/mol. The van der Waals surface area contributed by atoms with Crippen LogP contribution in [0.2, 0.25) is 0 Å². The largest absolute Gasteiger partial charge is 0.450 e. The van der Waals surface area contributed by atoms with Crippen LogP contribution in [0.25, 0.3) is 16.2 Å². The average Bonchev–Trinajstić information content (AvgIpc) is 3.44. The number of rotatable bonds is 4. The number of hydrogen-bond acceptors (Lipinski definition) is 6. The first kappa shape index (κ1) is 23.0. The lowest BCUT2D eigenvalue weighted by Crippen LogP contribution is -2.50. The standard InChI is InChI=1S/C21H22F3N5O3S/c1-3-13-5-6-16(33-13)14-11-17(21(22,23)24)29-18(25-14)12-15(26-29)19(30)27-7-9-28(10-8-27)20(31)32-4-2/h5-6,11-12H,3-4,7-10H2,1-2H3. The molecule has 1 fully saturated rings. The van der Waals surface area contributed by atoms with Crippen LogP contribution in [-0.4, -0.2) is 69.2 Å². The fourth-order valence-corrected chi connectivity index (χ4v) is 4.49. The van der Waals surface area contributed by atoms with Gasteiger partial charge in [-0.05, 0) is 31.5 Å². The monoisotopic (exact) mass is 481 g/mol. The van der Waals surface area contributed by atoms with Crippen molar-refractivity contribution in [3.05, 3.63) is 40.5 Å². The van der Waals surface area contributed by atoms with Crippen LogP contribution in [0, 0.1) is 0 Å². The molecule has 12 heteroatoms. The topological polar surface area (TPSA) is 80.0 Å². The third-order valence-corrected chi connectivity index (χ3v) is 6.54. The number of piperazine rings is 1. The second-order valence-corrected chi connectivity index (χ2v) is 8.59. The number of aryl methyl sites for hydroxylation is 1. The molecule has 1 aliphatic heterocycles. The van der Waals surface area contributed by atoms with E-state index in [4.69, 9.17) is 4.74 Å². The highest BCUT2D eigenvalue weighted by Crippen LogP contribution is 2.34. The van der Waals surface area contributed by atoms with Crippen LogP contribution in [0.15, 0.2) is 24.3 Å². The summed E-state index contributed by atoms with van der Waals surface area (Å²) in [5, 5.41) is 3.94. The Hall–Kier alpha value is -3.15. The van der Waals surface area contributed by atoms with Crippen molar-refractivity contribution in [1.29, 1.82) is 0 Å². The van der Waals surface area contributed by atoms with Crippen molar-refractivity contribution < 1.29 is 27.5 Å². The number of aromatic nitrogens is 3. The maximum atomic E-state index is 13.8. The Morgan fingerprint density at radius 1 is 1.09 bits per heavy atom. The van der Waals surface area contributed by atoms with Crippen molar-refractivity contribution in [2.45, 2.75) is 26.4 Å². The number of hydrogen-bond donors (Lipinski definition) is 0. The first-order valence-electron chi connectivity index (χ1n) is 10.5. The fourth-order valence-electron chi connectivity index (χ4n) is 3.58. The molecule has 0 saturated carbocycles. The molecule has 0 bridgehead atoms. The van der Waals surface area contributed by atoms with E-state index in [1.54, 1.807) is 13.0 Å². The Kier molecular flexibility index (Phi) is 6.28. The van der Waals surface area contributed by atoms with Gasteiger partial charge >= 0.3 is 12.3 Å². The molecule has 8 nitrogen and oxygen atoms in total. The summed E-state index contributed by atoms with van der Waals surface area (Å²) in [6, 6.07) is 5.83. The minimum absolute atomic E-state index is 0.0558. The Balaban J connectivity index is 1.63. The van der Waals surface area contributed by atoms with E-state index in [0.717, 1.165) is 17.4 Å². The fraction of sp³-hybridized carbons (Fsp3) is 0.429. The molecule has 0 unspecified atom stereocenters. The second-order valence-electron chi connectivity index (χ2n) is 7.42. The molecule has 4 heterocycles. The quantitative estimate of drug-likeness (QED) is 0.564. The van der Waals surface area contributed by atoms with Gasteiger partial charge in [0, 0.05) is 37.1 Å². The van der Waals surface area contributed by atoms with Crippen molar-refractivity contribution in [2.24, 2.45) is 0 Å². The lowest BCUT2D eigenvalue weighted by molar-refractivity contribution is -0.142. The molecule has 0 spiro atoms. The molecule has 3 aromatic rings. The second kappa shape index (κ2) is 9.00. The van der Waals surface area contributed by atoms with Gasteiger partial charge < -0.3 is 14.5 Å². The number of alkyl halides is 3. The Morgan fingerprint density at radius 3 is 2.39 bits per heavy atom. The summed E-state index contributed by atoms with van der Waals surface area (Å²) >= 11 is 1.38. The number of fused-ring (bicyclic) bond motifs is 1. The van der Waals surface area contributed by atoms with Crippen LogP contribution in [-0.2, 0) is 17.3 Å². The van der Waals surface area contributed by atoms with Gasteiger partial charge in [0.25, 0.3) is 5.91 Å². The Morgan fingerprint density at radius 2 is 1.79 bits per heavy atom. The van der Waals surface area contributed by atoms with Crippen molar-refractivity contribution in [3.8, 4) is 10.6 Å². The lowest BCUT2D eigenvalue weighted by Gasteiger charge is -2.33. The minimum atomic E-state index is -4.68. The van der Waals surface area contributed by atoms with Gasteiger partial charge in [-0.1, -0.05) is 6.92 Å². The summed E-state index contributed by atoms with van der Waals surface area (Å²) in [6.07, 6.45) is -4.37. The van der Waals surface area contributed by atoms with E-state index in [2.05, 4.69) is 10.1 Å². The summed E-state index contributed by atoms with van der Waals surface area (Å²) in [5.74, 6) is -0.511. The number of halogens is 3. The SMILES string of the molecule is CCOC(=O)N1CCN(C(=O)c2cc3nc(-c4ccc(CC)s4)cc(C(F)(F)F)n3n2)CC1. The smallest absolute Gasteiger partial charge is 0.433 e. The molecule has 176 valence electrons. The predicted molar refractivity (Wildman–Crippen MR) is 115 cm³/mol. The van der Waals surface area contributed by atoms with Crippen molar-refractivity contribution in [1.82, 2.24) is 24.4 Å². The zero-order valence-corrected chi connectivity index (χ0v) is 18.9. The van der Waals surface area contributed by atoms with Gasteiger partial charge in [0.1, 0.15) is 0 Å². The molecular formula is C21H22F3N5O3S. The Labute approximate surface area is 191 Å². The Bertz CT molecular complexity index is 1180. The normalized spacial score (nSPS) is 14.7. The minimum Gasteiger partial charge on any atom is -0.450 e. The molecule has 0 aliphatic carbocycles. The van der Waals surface area contributed by atoms with Gasteiger partial charge in [-0.3, -0.25) is 4.79 Å². The highest BCUT2D eigenvalue weighted by atomic mass is 32.1. The molecule has 0 aromatic carbocycles. The lowest BCUT2D eigenvalue weighted by atomic mass is 10.2. The third kappa shape index (κ3) is 4.65. The zero-order valence-electron chi connectivity index (χ0n) is 18.1. The number of thiophene rings is 1. The number of nitrogens with zero attached hydrogens (tertiary/aromatic N) is 5. The molecule has 0 N–H and O–H groups in total. The van der Waals surface area contributed by atoms with E-state index in [0.29, 0.717) is 9.39 Å². The van der Waals surface area contributed by atoms with Gasteiger partial charge in [-0.25, -0.2) is 14.3 Å². The summed E-state index contributed by atoms with van der Waals surface area (Å²) in [4.78, 5) is 33.7. The molecule has 1 aliphatic rings. The van der Waals surface area contributed by atoms with E-state index >= 15 is 0 Å². The van der Waals surface area contributed by atoms with Gasteiger partial charge in [0.2, 0.25) is 0 Å². The average molecular weight is 482 g/mol. The molecule has 0 atom stereocenters. The molecule has 0 radical (unpaired) electrons. The summed E-state index contributed by atoms with van der Waals surface area (Å²) in [6.45, 7) is 4.92. The molecule has 4 rings (SSSR count). The van der Waals surface area contributed by atoms with Crippen LogP contribution in [0.5, 0.6) is 0 Å². The first-order chi connectivity index (χ1) is 15.7. The summed E-state index contributed by atoms with van der Waals surface area (Å²) in [5.41, 5.74) is -1.00. The van der Waals surface area contributed by atoms with Gasteiger partial charge in [0.05, 0.1) is 17.2 Å². The number of carbonyl (C=O) groups is 2. The number of ether oxygens (including phenoxy) is 1. The van der Waals surface area contributed by atoms with Crippen LogP contribution >= 0.6 is 11.3 Å². The van der Waals surface area contributed by atoms with Gasteiger partial charge in [-0.2, -0.15) is 18.3 Å². The third-order valence-electron chi connectivity index (χ3n) is 5.29. The van der Waals surface area contributed by atoms with Crippen molar-refractivity contribution in [2.75, 3.05) is 32.8 Å². The van der Waals surface area contributed by atoms with Crippen molar-refractivity contribution >= 4 is 29.0 Å². The van der Waals surface area contributed by atoms with E-state index in [-0.39, 0.29) is 49.8 Å². The predicted octanol–water partition coefficient (Wildman–Crippen LogP) is 3.95. The summed E-state index contributed by atoms with van der Waals surface area (Å²) < 4.78 is 47.0. The first-order valence-corrected chi connectivity index (χ1v) is 11.3. The molecule has 1 saturated heterocycles. The van der Waals surface area contributed by atoms with E-state index < -0.39 is 23.9 Å². The maximum absolute atomic E-state index is 13.8.